The molecule has 0 radical (unpaired) electrons. The van der Waals surface area contributed by atoms with E-state index in [-0.39, 0.29) is 10.1 Å². The maximum absolute atomic E-state index is 11.8. The molecule has 1 amide bonds. The largest absolute Gasteiger partial charge is 0.493 e. The smallest absolute Gasteiger partial charge is 0.331 e. The van der Waals surface area contributed by atoms with E-state index >= 15 is 0 Å². The summed E-state index contributed by atoms with van der Waals surface area (Å²) in [6.07, 6.45) is 5.78. The van der Waals surface area contributed by atoms with Crippen LogP contribution in [0.25, 0.3) is 0 Å². The Balaban J connectivity index is 2.11. The number of methoxy groups -OCH3 is 2. The number of rotatable bonds is 9. The van der Waals surface area contributed by atoms with Crippen LogP contribution in [0.4, 0.5) is 0 Å². The third-order valence-corrected chi connectivity index (χ3v) is 4.57. The van der Waals surface area contributed by atoms with Crippen LogP contribution in [0.2, 0.25) is 0 Å². The lowest BCUT2D eigenvalue weighted by molar-refractivity contribution is -0.135. The average molecular weight is 405 g/mol. The third kappa shape index (κ3) is 6.12. The first-order valence-corrected chi connectivity index (χ1v) is 9.60. The van der Waals surface area contributed by atoms with Crippen LogP contribution in [0.1, 0.15) is 31.7 Å². The molecule has 1 saturated heterocycles. The van der Waals surface area contributed by atoms with Crippen molar-refractivity contribution in [3.05, 3.63) is 34.7 Å². The summed E-state index contributed by atoms with van der Waals surface area (Å²) >= 11 is 1.01. The number of para-hydroxylation sites is 1. The van der Waals surface area contributed by atoms with Crippen molar-refractivity contribution in [2.45, 2.75) is 26.2 Å². The molecule has 0 atom stereocenters. The minimum Gasteiger partial charge on any atom is -0.493 e. The highest BCUT2D eigenvalue weighted by molar-refractivity contribution is 8.18. The van der Waals surface area contributed by atoms with E-state index in [2.05, 4.69) is 27.2 Å². The Morgan fingerprint density at radius 2 is 2.11 bits per heavy atom. The monoisotopic (exact) mass is 405 g/mol. The Morgan fingerprint density at radius 3 is 2.82 bits per heavy atom. The van der Waals surface area contributed by atoms with Crippen molar-refractivity contribution in [3.63, 3.8) is 0 Å². The summed E-state index contributed by atoms with van der Waals surface area (Å²) in [4.78, 5) is 23.3. The molecule has 1 aromatic rings. The van der Waals surface area contributed by atoms with Gasteiger partial charge in [0.1, 0.15) is 0 Å². The topological polar surface area (TPSA) is 98.6 Å². The van der Waals surface area contributed by atoms with Gasteiger partial charge < -0.3 is 14.2 Å². The molecule has 1 N–H and O–H groups in total. The first-order chi connectivity index (χ1) is 13.6. The highest BCUT2D eigenvalue weighted by atomic mass is 32.2. The number of carbonyl (C=O) groups is 2. The zero-order chi connectivity index (χ0) is 20.4. The predicted octanol–water partition coefficient (Wildman–Crippen LogP) is 2.87. The van der Waals surface area contributed by atoms with Crippen LogP contribution in [0, 0.1) is 0 Å². The fourth-order valence-corrected chi connectivity index (χ4v) is 3.00. The number of thioether (sulfide) groups is 1. The lowest BCUT2D eigenvalue weighted by atomic mass is 10.2. The lowest BCUT2D eigenvalue weighted by Crippen LogP contribution is -2.19. The summed E-state index contributed by atoms with van der Waals surface area (Å²) in [6.45, 7) is 2.71. The molecule has 9 heteroatoms. The average Bonchev–Trinajstić information content (AvgIpc) is 3.04. The number of benzene rings is 1. The van der Waals surface area contributed by atoms with E-state index < -0.39 is 11.9 Å². The van der Waals surface area contributed by atoms with E-state index in [9.17, 15) is 9.59 Å². The molecule has 1 aromatic carbocycles. The van der Waals surface area contributed by atoms with Gasteiger partial charge in [0.25, 0.3) is 5.91 Å². The molecule has 150 valence electrons. The van der Waals surface area contributed by atoms with E-state index in [4.69, 9.17) is 9.47 Å². The molecule has 0 unspecified atom stereocenters. The molecule has 1 aliphatic heterocycles. The normalized spacial score (nSPS) is 16.6. The lowest BCUT2D eigenvalue weighted by Gasteiger charge is -2.12. The van der Waals surface area contributed by atoms with Gasteiger partial charge in [-0.2, -0.15) is 5.10 Å². The zero-order valence-electron chi connectivity index (χ0n) is 16.1. The van der Waals surface area contributed by atoms with E-state index in [1.807, 2.05) is 18.2 Å². The van der Waals surface area contributed by atoms with Crippen LogP contribution in [0.3, 0.4) is 0 Å². The molecule has 1 heterocycles. The van der Waals surface area contributed by atoms with Gasteiger partial charge >= 0.3 is 5.97 Å². The highest BCUT2D eigenvalue weighted by Gasteiger charge is 2.25. The molecule has 0 aliphatic carbocycles. The van der Waals surface area contributed by atoms with Crippen LogP contribution in [0.15, 0.2) is 39.4 Å². The van der Waals surface area contributed by atoms with Gasteiger partial charge in [-0.25, -0.2) is 4.79 Å². The molecule has 0 aromatic heterocycles. The van der Waals surface area contributed by atoms with Crippen LogP contribution in [-0.2, 0) is 14.3 Å². The summed E-state index contributed by atoms with van der Waals surface area (Å²) in [7, 11) is 2.82. The van der Waals surface area contributed by atoms with Crippen LogP contribution >= 0.6 is 11.8 Å². The third-order valence-electron chi connectivity index (χ3n) is 3.67. The van der Waals surface area contributed by atoms with E-state index in [0.29, 0.717) is 23.7 Å². The second-order valence-corrected chi connectivity index (χ2v) is 6.70. The summed E-state index contributed by atoms with van der Waals surface area (Å²) in [6, 6.07) is 5.48. The summed E-state index contributed by atoms with van der Waals surface area (Å²) in [5.74, 6) is 0.175. The summed E-state index contributed by atoms with van der Waals surface area (Å²) in [5.41, 5.74) is 0.708. The maximum atomic E-state index is 11.8. The van der Waals surface area contributed by atoms with Crippen LogP contribution in [0.5, 0.6) is 11.5 Å². The zero-order valence-corrected chi connectivity index (χ0v) is 16.9. The molecule has 8 nitrogen and oxygen atoms in total. The molecule has 1 aliphatic rings. The summed E-state index contributed by atoms with van der Waals surface area (Å²) in [5, 5.41) is 10.8. The molecule has 0 saturated carbocycles. The molecule has 0 bridgehead atoms. The highest BCUT2D eigenvalue weighted by Crippen LogP contribution is 2.30. The van der Waals surface area contributed by atoms with Gasteiger partial charge in [-0.3, -0.25) is 10.1 Å². The second-order valence-electron chi connectivity index (χ2n) is 5.67. The minimum absolute atomic E-state index is 0.196. The Hall–Kier alpha value is -2.81. The standard InChI is InChI=1S/C19H23N3O5S/c1-4-5-6-10-27-17-13(8-7-9-14(17)25-2)12-20-22-19-21-18(24)15(28-19)11-16(23)26-3/h7-9,11-12H,4-6,10H2,1-3H3,(H,21,22,24)/b15-11+,20-12?. The first kappa shape index (κ1) is 21.5. The Morgan fingerprint density at radius 1 is 1.29 bits per heavy atom. The van der Waals surface area contributed by atoms with E-state index in [1.165, 1.54) is 13.3 Å². The van der Waals surface area contributed by atoms with Gasteiger partial charge in [-0.1, -0.05) is 25.8 Å². The number of carbonyl (C=O) groups excluding carboxylic acids is 2. The van der Waals surface area contributed by atoms with Gasteiger partial charge in [0, 0.05) is 11.6 Å². The van der Waals surface area contributed by atoms with Crippen molar-refractivity contribution in [2.24, 2.45) is 10.2 Å². The van der Waals surface area contributed by atoms with Crippen molar-refractivity contribution in [2.75, 3.05) is 20.8 Å². The van der Waals surface area contributed by atoms with Crippen molar-refractivity contribution in [3.8, 4) is 11.5 Å². The number of esters is 1. The SMILES string of the molecule is CCCCCOc1c(C=N/N=C2/NC(=O)/C(=C\C(=O)OC)S2)cccc1OC. The van der Waals surface area contributed by atoms with Crippen molar-refractivity contribution in [1.29, 1.82) is 0 Å². The Labute approximate surface area is 168 Å². The van der Waals surface area contributed by atoms with Crippen LogP contribution < -0.4 is 14.8 Å². The van der Waals surface area contributed by atoms with Gasteiger partial charge in [0.2, 0.25) is 0 Å². The number of amides is 1. The summed E-state index contributed by atoms with van der Waals surface area (Å²) < 4.78 is 15.8. The van der Waals surface area contributed by atoms with Crippen LogP contribution in [-0.4, -0.2) is 44.1 Å². The number of hydrogen-bond acceptors (Lipinski definition) is 8. The Kier molecular flexibility index (Phi) is 8.54. The molecule has 0 spiro atoms. The van der Waals surface area contributed by atoms with Crippen molar-refractivity contribution < 1.29 is 23.8 Å². The number of ether oxygens (including phenoxy) is 3. The fourth-order valence-electron chi connectivity index (χ4n) is 2.26. The molecule has 28 heavy (non-hydrogen) atoms. The number of nitrogens with zero attached hydrogens (tertiary/aromatic N) is 2. The van der Waals surface area contributed by atoms with Gasteiger partial charge in [0.15, 0.2) is 16.7 Å². The minimum atomic E-state index is -0.608. The van der Waals surface area contributed by atoms with Crippen molar-refractivity contribution >= 4 is 35.0 Å². The van der Waals surface area contributed by atoms with E-state index in [1.54, 1.807) is 7.11 Å². The second kappa shape index (κ2) is 11.1. The molecule has 2 rings (SSSR count). The predicted molar refractivity (Wildman–Crippen MR) is 109 cm³/mol. The van der Waals surface area contributed by atoms with E-state index in [0.717, 1.165) is 37.1 Å². The number of unbranched alkanes of at least 4 members (excludes halogenated alkanes) is 2. The number of nitrogens with one attached hydrogen (secondary N) is 1. The molecular weight excluding hydrogens is 382 g/mol. The quantitative estimate of drug-likeness (QED) is 0.223. The fraction of sp³-hybridized carbons (Fsp3) is 0.368. The Bertz CT molecular complexity index is 805. The van der Waals surface area contributed by atoms with Gasteiger partial charge in [-0.05, 0) is 30.3 Å². The van der Waals surface area contributed by atoms with Gasteiger partial charge in [-0.15, -0.1) is 5.10 Å². The van der Waals surface area contributed by atoms with Crippen molar-refractivity contribution in [1.82, 2.24) is 5.32 Å². The molecule has 1 fully saturated rings. The molecular formula is C19H23N3O5S. The maximum Gasteiger partial charge on any atom is 0.331 e. The number of hydrogen-bond donors (Lipinski definition) is 1. The van der Waals surface area contributed by atoms with Gasteiger partial charge in [0.05, 0.1) is 31.9 Å². The first-order valence-electron chi connectivity index (χ1n) is 8.78. The number of amidine groups is 1.